The summed E-state index contributed by atoms with van der Waals surface area (Å²) >= 11 is 0. The third kappa shape index (κ3) is 2.58. The summed E-state index contributed by atoms with van der Waals surface area (Å²) in [5.41, 5.74) is 0. The van der Waals surface area contributed by atoms with Crippen LogP contribution in [0.4, 0.5) is 0 Å². The van der Waals surface area contributed by atoms with Gasteiger partial charge in [0, 0.05) is 25.4 Å². The molecule has 1 aliphatic carbocycles. The van der Waals surface area contributed by atoms with Gasteiger partial charge >= 0.3 is 0 Å². The second-order valence-electron chi connectivity index (χ2n) is 5.23. The van der Waals surface area contributed by atoms with E-state index in [1.54, 1.807) is 11.8 Å². The van der Waals surface area contributed by atoms with Crippen LogP contribution < -0.4 is 0 Å². The highest BCUT2D eigenvalue weighted by Crippen LogP contribution is 2.28. The van der Waals surface area contributed by atoms with Gasteiger partial charge in [0.25, 0.3) is 0 Å². The Morgan fingerprint density at radius 3 is 2.44 bits per heavy atom. The first-order valence-electron chi connectivity index (χ1n) is 6.44. The van der Waals surface area contributed by atoms with E-state index in [2.05, 4.69) is 0 Å². The summed E-state index contributed by atoms with van der Waals surface area (Å²) < 4.78 is 24.3. The van der Waals surface area contributed by atoms with E-state index in [0.717, 1.165) is 12.8 Å². The molecule has 1 heterocycles. The van der Waals surface area contributed by atoms with Crippen molar-refractivity contribution in [2.24, 2.45) is 5.92 Å². The van der Waals surface area contributed by atoms with Gasteiger partial charge < -0.3 is 4.90 Å². The number of rotatable bonds is 3. The molecule has 102 valence electrons. The third-order valence-corrected chi connectivity index (χ3v) is 6.20. The molecule has 0 bridgehead atoms. The largest absolute Gasteiger partial charge is 0.342 e. The van der Waals surface area contributed by atoms with Gasteiger partial charge in [0.05, 0.1) is 5.25 Å². The molecular formula is C12H19NO4S. The van der Waals surface area contributed by atoms with Gasteiger partial charge in [-0.1, -0.05) is 6.92 Å². The number of hydrogen-bond acceptors (Lipinski definition) is 4. The van der Waals surface area contributed by atoms with Crippen LogP contribution in [0.3, 0.4) is 0 Å². The Morgan fingerprint density at radius 1 is 1.33 bits per heavy atom. The minimum absolute atomic E-state index is 0.00260. The molecule has 1 saturated heterocycles. The van der Waals surface area contributed by atoms with Crippen LogP contribution in [0.25, 0.3) is 0 Å². The van der Waals surface area contributed by atoms with E-state index in [9.17, 15) is 18.0 Å². The molecule has 6 heteroatoms. The number of carbonyl (C=O) groups is 2. The molecule has 0 aromatic rings. The van der Waals surface area contributed by atoms with Gasteiger partial charge in [0.15, 0.2) is 9.84 Å². The lowest BCUT2D eigenvalue weighted by Gasteiger charge is -2.19. The Hall–Kier alpha value is -0.910. The van der Waals surface area contributed by atoms with Crippen LogP contribution in [0.2, 0.25) is 0 Å². The maximum atomic E-state index is 12.2. The number of nitrogens with zero attached hydrogens (tertiary/aromatic N) is 1. The molecule has 0 radical (unpaired) electrons. The quantitative estimate of drug-likeness (QED) is 0.746. The first-order chi connectivity index (χ1) is 8.42. The van der Waals surface area contributed by atoms with Gasteiger partial charge in [-0.15, -0.1) is 0 Å². The summed E-state index contributed by atoms with van der Waals surface area (Å²) in [7, 11) is -3.49. The number of carbonyl (C=O) groups excluding carboxylic acids is 2. The van der Waals surface area contributed by atoms with E-state index < -0.39 is 26.8 Å². The SMILES string of the molecule is CC1C(=O)CCC1S(=O)(=O)CC(=O)N1CCCC1. The predicted octanol–water partition coefficient (Wildman–Crippen LogP) is 0.391. The minimum Gasteiger partial charge on any atom is -0.342 e. The first kappa shape index (κ1) is 13.5. The normalized spacial score (nSPS) is 28.9. The fourth-order valence-corrected chi connectivity index (χ4v) is 4.79. The highest BCUT2D eigenvalue weighted by Gasteiger charge is 2.41. The van der Waals surface area contributed by atoms with Gasteiger partial charge in [0.2, 0.25) is 5.91 Å². The van der Waals surface area contributed by atoms with Crippen LogP contribution in [0.5, 0.6) is 0 Å². The summed E-state index contributed by atoms with van der Waals surface area (Å²) in [6.45, 7) is 2.97. The maximum Gasteiger partial charge on any atom is 0.237 e. The van der Waals surface area contributed by atoms with Crippen molar-refractivity contribution in [3.8, 4) is 0 Å². The number of amides is 1. The molecule has 2 aliphatic rings. The van der Waals surface area contributed by atoms with E-state index >= 15 is 0 Å². The van der Waals surface area contributed by atoms with Crippen LogP contribution in [0, 0.1) is 5.92 Å². The summed E-state index contributed by atoms with van der Waals surface area (Å²) in [5, 5.41) is -0.656. The Balaban J connectivity index is 2.03. The zero-order valence-corrected chi connectivity index (χ0v) is 11.4. The average Bonchev–Trinajstić information content (AvgIpc) is 2.89. The van der Waals surface area contributed by atoms with Gasteiger partial charge in [0.1, 0.15) is 11.5 Å². The molecule has 5 nitrogen and oxygen atoms in total. The van der Waals surface area contributed by atoms with Crippen molar-refractivity contribution in [3.05, 3.63) is 0 Å². The Kier molecular flexibility index (Phi) is 3.75. The molecule has 2 fully saturated rings. The fourth-order valence-electron chi connectivity index (χ4n) is 2.80. The van der Waals surface area contributed by atoms with Crippen molar-refractivity contribution >= 4 is 21.5 Å². The third-order valence-electron chi connectivity index (χ3n) is 3.99. The molecular weight excluding hydrogens is 254 g/mol. The van der Waals surface area contributed by atoms with Crippen LogP contribution in [-0.2, 0) is 19.4 Å². The molecule has 1 aliphatic heterocycles. The topological polar surface area (TPSA) is 71.5 Å². The molecule has 1 saturated carbocycles. The maximum absolute atomic E-state index is 12.2. The molecule has 2 unspecified atom stereocenters. The van der Waals surface area contributed by atoms with Gasteiger partial charge in [-0.2, -0.15) is 0 Å². The van der Waals surface area contributed by atoms with Gasteiger partial charge in [-0.25, -0.2) is 8.42 Å². The Morgan fingerprint density at radius 2 is 1.94 bits per heavy atom. The summed E-state index contributed by atoms with van der Waals surface area (Å²) in [5.74, 6) is -1.20. The van der Waals surface area contributed by atoms with Crippen molar-refractivity contribution in [1.29, 1.82) is 0 Å². The van der Waals surface area contributed by atoms with Crippen molar-refractivity contribution in [3.63, 3.8) is 0 Å². The number of sulfone groups is 1. The predicted molar refractivity (Wildman–Crippen MR) is 66.8 cm³/mol. The molecule has 18 heavy (non-hydrogen) atoms. The van der Waals surface area contributed by atoms with E-state index in [1.807, 2.05) is 0 Å². The lowest BCUT2D eigenvalue weighted by molar-refractivity contribution is -0.127. The van der Waals surface area contributed by atoms with Gasteiger partial charge in [-0.3, -0.25) is 9.59 Å². The zero-order valence-electron chi connectivity index (χ0n) is 10.6. The van der Waals surface area contributed by atoms with E-state index in [0.29, 0.717) is 25.9 Å². The molecule has 2 atom stereocenters. The standard InChI is InChI=1S/C12H19NO4S/c1-9-10(14)4-5-11(9)18(16,17)8-12(15)13-6-2-3-7-13/h9,11H,2-8H2,1H3. The van der Waals surface area contributed by atoms with Crippen molar-refractivity contribution in [2.75, 3.05) is 18.8 Å². The zero-order chi connectivity index (χ0) is 13.3. The Labute approximate surface area is 107 Å². The van der Waals surface area contributed by atoms with Crippen LogP contribution in [-0.4, -0.2) is 49.1 Å². The number of ketones is 1. The van der Waals surface area contributed by atoms with Gasteiger partial charge in [-0.05, 0) is 19.3 Å². The molecule has 0 N–H and O–H groups in total. The van der Waals surface area contributed by atoms with Crippen LogP contribution in [0.15, 0.2) is 0 Å². The second kappa shape index (κ2) is 4.99. The lowest BCUT2D eigenvalue weighted by atomic mass is 10.1. The summed E-state index contributed by atoms with van der Waals surface area (Å²) in [6, 6.07) is 0. The molecule has 1 amide bonds. The number of hydrogen-bond donors (Lipinski definition) is 0. The monoisotopic (exact) mass is 273 g/mol. The molecule has 0 aromatic heterocycles. The number of likely N-dealkylation sites (tertiary alicyclic amines) is 1. The average molecular weight is 273 g/mol. The van der Waals surface area contributed by atoms with Crippen molar-refractivity contribution in [1.82, 2.24) is 4.90 Å². The Bertz CT molecular complexity index is 451. The fraction of sp³-hybridized carbons (Fsp3) is 0.833. The summed E-state index contributed by atoms with van der Waals surface area (Å²) in [6.07, 6.45) is 2.59. The molecule has 0 spiro atoms. The molecule has 0 aromatic carbocycles. The van der Waals surface area contributed by atoms with Crippen LogP contribution >= 0.6 is 0 Å². The van der Waals surface area contributed by atoms with E-state index in [-0.39, 0.29) is 11.7 Å². The highest BCUT2D eigenvalue weighted by atomic mass is 32.2. The minimum atomic E-state index is -3.49. The van der Waals surface area contributed by atoms with E-state index in [4.69, 9.17) is 0 Å². The van der Waals surface area contributed by atoms with Crippen molar-refractivity contribution < 1.29 is 18.0 Å². The smallest absolute Gasteiger partial charge is 0.237 e. The van der Waals surface area contributed by atoms with Crippen LogP contribution in [0.1, 0.15) is 32.6 Å². The highest BCUT2D eigenvalue weighted by molar-refractivity contribution is 7.92. The van der Waals surface area contributed by atoms with E-state index in [1.165, 1.54) is 0 Å². The molecule has 2 rings (SSSR count). The number of Topliss-reactive ketones (excluding diaryl/α,β-unsaturated/α-hetero) is 1. The van der Waals surface area contributed by atoms with Crippen molar-refractivity contribution in [2.45, 2.75) is 37.9 Å². The lowest BCUT2D eigenvalue weighted by Crippen LogP contribution is -2.38. The summed E-state index contributed by atoms with van der Waals surface area (Å²) in [4.78, 5) is 24.9. The first-order valence-corrected chi connectivity index (χ1v) is 8.15. The second-order valence-corrected chi connectivity index (χ2v) is 7.45.